The molecule has 2 saturated carbocycles. The summed E-state index contributed by atoms with van der Waals surface area (Å²) in [6.07, 6.45) is 9.09. The molecule has 0 amide bonds. The molecule has 3 rings (SSSR count). The second-order valence-electron chi connectivity index (χ2n) is 5.18. The monoisotopic (exact) mass is 206 g/mol. The van der Waals surface area contributed by atoms with Crippen LogP contribution in [-0.4, -0.2) is 12.1 Å². The van der Waals surface area contributed by atoms with Crippen LogP contribution in [0, 0.1) is 23.7 Å². The van der Waals surface area contributed by atoms with Crippen LogP contribution in [0.3, 0.4) is 0 Å². The van der Waals surface area contributed by atoms with Crippen molar-refractivity contribution < 1.29 is 9.53 Å². The summed E-state index contributed by atoms with van der Waals surface area (Å²) < 4.78 is 5.54. The summed E-state index contributed by atoms with van der Waals surface area (Å²) in [7, 11) is 0. The molecule has 3 aliphatic rings. The number of carbonyl (C=O) groups excluding carboxylic acids is 1. The Morgan fingerprint density at radius 2 is 2.27 bits per heavy atom. The zero-order valence-corrected chi connectivity index (χ0v) is 9.19. The molecule has 15 heavy (non-hydrogen) atoms. The van der Waals surface area contributed by atoms with Gasteiger partial charge in [-0.25, -0.2) is 0 Å². The Labute approximate surface area is 90.7 Å². The van der Waals surface area contributed by atoms with Crippen molar-refractivity contribution in [2.75, 3.05) is 0 Å². The molecule has 0 aromatic rings. The predicted molar refractivity (Wildman–Crippen MR) is 57.1 cm³/mol. The van der Waals surface area contributed by atoms with E-state index >= 15 is 0 Å². The first kappa shape index (κ1) is 9.44. The number of hydrogen-bond acceptors (Lipinski definition) is 2. The van der Waals surface area contributed by atoms with Crippen molar-refractivity contribution in [3.63, 3.8) is 0 Å². The highest BCUT2D eigenvalue weighted by Gasteiger charge is 2.53. The predicted octanol–water partition coefficient (Wildman–Crippen LogP) is 2.54. The van der Waals surface area contributed by atoms with E-state index in [9.17, 15) is 4.79 Å². The van der Waals surface area contributed by atoms with Crippen molar-refractivity contribution in [1.82, 2.24) is 0 Å². The van der Waals surface area contributed by atoms with Crippen LogP contribution in [-0.2, 0) is 9.53 Å². The third-order valence-electron chi connectivity index (χ3n) is 4.51. The van der Waals surface area contributed by atoms with Gasteiger partial charge in [0.05, 0.1) is 0 Å². The highest BCUT2D eigenvalue weighted by Crippen LogP contribution is 2.57. The molecule has 0 aromatic carbocycles. The van der Waals surface area contributed by atoms with Gasteiger partial charge in [-0.1, -0.05) is 19.1 Å². The van der Waals surface area contributed by atoms with E-state index in [0.717, 1.165) is 24.2 Å². The molecular formula is C13H18O2. The molecule has 0 radical (unpaired) electrons. The van der Waals surface area contributed by atoms with Crippen molar-refractivity contribution in [1.29, 1.82) is 0 Å². The maximum Gasteiger partial charge on any atom is 0.305 e. The minimum Gasteiger partial charge on any atom is -0.462 e. The molecule has 82 valence electrons. The molecule has 3 aliphatic carbocycles. The maximum atomic E-state index is 11.3. The lowest BCUT2D eigenvalue weighted by molar-refractivity contribution is -0.152. The van der Waals surface area contributed by atoms with E-state index in [-0.39, 0.29) is 12.1 Å². The first-order valence-electron chi connectivity index (χ1n) is 6.15. The third kappa shape index (κ3) is 1.34. The van der Waals surface area contributed by atoms with Crippen LogP contribution >= 0.6 is 0 Å². The Kier molecular flexibility index (Phi) is 2.11. The molecule has 0 spiro atoms. The Balaban J connectivity index is 1.69. The van der Waals surface area contributed by atoms with Crippen molar-refractivity contribution >= 4 is 5.97 Å². The standard InChI is InChI=1S/C13H18O2/c1-2-13(14)15-12-7-8-6-11(12)10-5-3-4-9(8)10/h3-4,8-12H,2,5-7H2,1H3/t8-,9+,10-,11-,12+/m0/s1. The van der Waals surface area contributed by atoms with Gasteiger partial charge in [-0.2, -0.15) is 0 Å². The first-order chi connectivity index (χ1) is 7.29. The van der Waals surface area contributed by atoms with E-state index in [0.29, 0.717) is 12.3 Å². The lowest BCUT2D eigenvalue weighted by Crippen LogP contribution is -2.32. The van der Waals surface area contributed by atoms with Crippen molar-refractivity contribution in [3.05, 3.63) is 12.2 Å². The topological polar surface area (TPSA) is 26.3 Å². The summed E-state index contributed by atoms with van der Waals surface area (Å²) in [6.45, 7) is 1.87. The number of ether oxygens (including phenoxy) is 1. The molecule has 0 unspecified atom stereocenters. The van der Waals surface area contributed by atoms with Gasteiger partial charge in [-0.3, -0.25) is 4.79 Å². The van der Waals surface area contributed by atoms with Gasteiger partial charge in [0.25, 0.3) is 0 Å². The number of allylic oxidation sites excluding steroid dienone is 2. The van der Waals surface area contributed by atoms with E-state index in [1.165, 1.54) is 12.8 Å². The fraction of sp³-hybridized carbons (Fsp3) is 0.769. The van der Waals surface area contributed by atoms with Gasteiger partial charge in [0.15, 0.2) is 0 Å². The third-order valence-corrected chi connectivity index (χ3v) is 4.51. The van der Waals surface area contributed by atoms with Crippen LogP contribution in [0.2, 0.25) is 0 Å². The number of carbonyl (C=O) groups is 1. The minimum absolute atomic E-state index is 0.0185. The van der Waals surface area contributed by atoms with E-state index in [2.05, 4.69) is 12.2 Å². The molecule has 0 aliphatic heterocycles. The van der Waals surface area contributed by atoms with Crippen LogP contribution in [0.4, 0.5) is 0 Å². The van der Waals surface area contributed by atoms with E-state index in [1.54, 1.807) is 0 Å². The molecule has 0 saturated heterocycles. The summed E-state index contributed by atoms with van der Waals surface area (Å²) >= 11 is 0. The minimum atomic E-state index is -0.0185. The van der Waals surface area contributed by atoms with Crippen LogP contribution in [0.15, 0.2) is 12.2 Å². The molecular weight excluding hydrogens is 188 g/mol. The van der Waals surface area contributed by atoms with Gasteiger partial charge in [0, 0.05) is 6.42 Å². The summed E-state index contributed by atoms with van der Waals surface area (Å²) in [6, 6.07) is 0. The normalized spacial score (nSPS) is 45.8. The SMILES string of the molecule is CCC(=O)O[C@@H]1C[C@@H]2C[C@H]1[C@H]1CC=C[C@H]21. The fourth-order valence-corrected chi connectivity index (χ4v) is 3.88. The summed E-state index contributed by atoms with van der Waals surface area (Å²) in [5, 5.41) is 0. The molecule has 2 fully saturated rings. The maximum absolute atomic E-state index is 11.3. The molecule has 2 nitrogen and oxygen atoms in total. The van der Waals surface area contributed by atoms with Crippen molar-refractivity contribution in [2.24, 2.45) is 23.7 Å². The Morgan fingerprint density at radius 3 is 3.07 bits per heavy atom. The lowest BCUT2D eigenvalue weighted by Gasteiger charge is -2.30. The second kappa shape index (κ2) is 3.36. The largest absolute Gasteiger partial charge is 0.462 e. The van der Waals surface area contributed by atoms with Crippen LogP contribution < -0.4 is 0 Å². The second-order valence-corrected chi connectivity index (χ2v) is 5.18. The van der Waals surface area contributed by atoms with Crippen molar-refractivity contribution in [2.45, 2.75) is 38.7 Å². The average Bonchev–Trinajstić information content (AvgIpc) is 2.87. The number of rotatable bonds is 2. The summed E-state index contributed by atoms with van der Waals surface area (Å²) in [5.41, 5.74) is 0. The van der Waals surface area contributed by atoms with E-state index in [1.807, 2.05) is 6.92 Å². The van der Waals surface area contributed by atoms with Gasteiger partial charge >= 0.3 is 5.97 Å². The number of hydrogen-bond donors (Lipinski definition) is 0. The molecule has 0 heterocycles. The molecule has 5 atom stereocenters. The average molecular weight is 206 g/mol. The highest BCUT2D eigenvalue weighted by molar-refractivity contribution is 5.69. The zero-order chi connectivity index (χ0) is 10.4. The van der Waals surface area contributed by atoms with Gasteiger partial charge < -0.3 is 4.74 Å². The smallest absolute Gasteiger partial charge is 0.305 e. The van der Waals surface area contributed by atoms with Crippen LogP contribution in [0.25, 0.3) is 0 Å². The van der Waals surface area contributed by atoms with Crippen molar-refractivity contribution in [3.8, 4) is 0 Å². The quantitative estimate of drug-likeness (QED) is 0.512. The number of esters is 1. The van der Waals surface area contributed by atoms with Gasteiger partial charge in [-0.05, 0) is 42.9 Å². The summed E-state index contributed by atoms with van der Waals surface area (Å²) in [5.74, 6) is 3.04. The molecule has 2 bridgehead atoms. The Bertz CT molecular complexity index is 308. The molecule has 0 aromatic heterocycles. The molecule has 0 N–H and O–H groups in total. The first-order valence-corrected chi connectivity index (χ1v) is 6.15. The zero-order valence-electron chi connectivity index (χ0n) is 9.19. The van der Waals surface area contributed by atoms with E-state index < -0.39 is 0 Å². The Hall–Kier alpha value is -0.790. The number of fused-ring (bicyclic) bond motifs is 5. The fourth-order valence-electron chi connectivity index (χ4n) is 3.88. The summed E-state index contributed by atoms with van der Waals surface area (Å²) in [4.78, 5) is 11.3. The van der Waals surface area contributed by atoms with Gasteiger partial charge in [-0.15, -0.1) is 0 Å². The van der Waals surface area contributed by atoms with Gasteiger partial charge in [0.1, 0.15) is 6.10 Å². The highest BCUT2D eigenvalue weighted by atomic mass is 16.5. The van der Waals surface area contributed by atoms with Crippen LogP contribution in [0.1, 0.15) is 32.6 Å². The van der Waals surface area contributed by atoms with E-state index in [4.69, 9.17) is 4.74 Å². The van der Waals surface area contributed by atoms with Crippen LogP contribution in [0.5, 0.6) is 0 Å². The Morgan fingerprint density at radius 1 is 1.40 bits per heavy atom. The van der Waals surface area contributed by atoms with Gasteiger partial charge in [0.2, 0.25) is 0 Å². The molecule has 2 heteroatoms. The lowest BCUT2D eigenvalue weighted by atomic mass is 9.80.